The van der Waals surface area contributed by atoms with E-state index in [4.69, 9.17) is 9.47 Å². The van der Waals surface area contributed by atoms with Gasteiger partial charge >= 0.3 is 0 Å². The second-order valence-electron chi connectivity index (χ2n) is 8.96. The minimum atomic E-state index is -1.02. The van der Waals surface area contributed by atoms with Crippen molar-refractivity contribution in [3.8, 4) is 5.88 Å². The SMILES string of the molecule is COc1ccc2nccc(NC(=O)[C@@H]3CC[C@@H](NCC=Cc4cc(F)ccc4F)[C@@H](C[C@H](O)CO)O3)c2n1. The molecule has 202 valence electrons. The van der Waals surface area contributed by atoms with Gasteiger partial charge in [-0.1, -0.05) is 12.2 Å². The van der Waals surface area contributed by atoms with E-state index in [9.17, 15) is 23.8 Å². The Morgan fingerprint density at radius 3 is 2.89 bits per heavy atom. The molecular weight excluding hydrogens is 498 g/mol. The summed E-state index contributed by atoms with van der Waals surface area (Å²) in [7, 11) is 1.50. The third-order valence-electron chi connectivity index (χ3n) is 6.31. The molecule has 1 amide bonds. The van der Waals surface area contributed by atoms with Gasteiger partial charge in [0, 0.05) is 36.8 Å². The Balaban J connectivity index is 1.41. The lowest BCUT2D eigenvalue weighted by Gasteiger charge is -2.37. The number of hydrogen-bond donors (Lipinski definition) is 4. The molecule has 0 unspecified atom stereocenters. The normalized spacial score (nSPS) is 20.5. The van der Waals surface area contributed by atoms with Crippen LogP contribution in [-0.2, 0) is 9.53 Å². The molecule has 0 aliphatic carbocycles. The number of nitrogens with one attached hydrogen (secondary N) is 2. The van der Waals surface area contributed by atoms with Crippen LogP contribution < -0.4 is 15.4 Å². The number of ether oxygens (including phenoxy) is 2. The maximum Gasteiger partial charge on any atom is 0.253 e. The highest BCUT2D eigenvalue weighted by Crippen LogP contribution is 2.26. The number of carbonyl (C=O) groups excluding carboxylic acids is 1. The molecule has 0 radical (unpaired) electrons. The van der Waals surface area contributed by atoms with E-state index in [2.05, 4.69) is 20.6 Å². The molecule has 11 heteroatoms. The Labute approximate surface area is 218 Å². The van der Waals surface area contributed by atoms with Crippen LogP contribution in [0.5, 0.6) is 5.88 Å². The van der Waals surface area contributed by atoms with E-state index in [1.807, 2.05) is 0 Å². The lowest BCUT2D eigenvalue weighted by molar-refractivity contribution is -0.141. The molecule has 38 heavy (non-hydrogen) atoms. The Morgan fingerprint density at radius 2 is 2.11 bits per heavy atom. The lowest BCUT2D eigenvalue weighted by Crippen LogP contribution is -2.51. The van der Waals surface area contributed by atoms with Gasteiger partial charge in [0.25, 0.3) is 5.91 Å². The van der Waals surface area contributed by atoms with Crippen molar-refractivity contribution in [3.63, 3.8) is 0 Å². The first-order valence-corrected chi connectivity index (χ1v) is 12.3. The molecule has 1 fully saturated rings. The van der Waals surface area contributed by atoms with Gasteiger partial charge in [-0.25, -0.2) is 13.8 Å². The van der Waals surface area contributed by atoms with E-state index in [0.29, 0.717) is 42.0 Å². The molecule has 0 spiro atoms. The smallest absolute Gasteiger partial charge is 0.253 e. The molecule has 1 saturated heterocycles. The van der Waals surface area contributed by atoms with Crippen molar-refractivity contribution in [2.24, 2.45) is 0 Å². The number of methoxy groups -OCH3 is 1. The van der Waals surface area contributed by atoms with Gasteiger partial charge in [-0.05, 0) is 43.2 Å². The summed E-state index contributed by atoms with van der Waals surface area (Å²) >= 11 is 0. The molecule has 1 aliphatic rings. The number of pyridine rings is 2. The maximum atomic E-state index is 13.8. The Kier molecular flexibility index (Phi) is 9.29. The van der Waals surface area contributed by atoms with E-state index >= 15 is 0 Å². The molecule has 3 aromatic rings. The van der Waals surface area contributed by atoms with Crippen LogP contribution in [0.25, 0.3) is 17.1 Å². The third-order valence-corrected chi connectivity index (χ3v) is 6.31. The number of carbonyl (C=O) groups is 1. The number of aromatic nitrogens is 2. The number of nitrogens with zero attached hydrogens (tertiary/aromatic N) is 2. The predicted molar refractivity (Wildman–Crippen MR) is 138 cm³/mol. The number of halogens is 2. The standard InChI is InChI=1S/C27H30F2N4O5/c1-37-25-9-7-21-26(33-25)22(10-12-31-21)32-27(36)23-8-6-20(24(38-23)14-18(35)15-34)30-11-2-3-16-13-17(28)4-5-19(16)29/h2-5,7,9-10,12-13,18,20,23-24,30,34-35H,6,8,11,14-15H2,1H3,(H,31,32,36)/t18-,20+,23-,24+/m0/s1. The highest BCUT2D eigenvalue weighted by Gasteiger charge is 2.35. The summed E-state index contributed by atoms with van der Waals surface area (Å²) < 4.78 is 38.5. The average Bonchev–Trinajstić information content (AvgIpc) is 2.93. The summed E-state index contributed by atoms with van der Waals surface area (Å²) in [5.74, 6) is -1.05. The molecule has 3 heterocycles. The highest BCUT2D eigenvalue weighted by atomic mass is 19.1. The zero-order valence-corrected chi connectivity index (χ0v) is 20.8. The van der Waals surface area contributed by atoms with Crippen LogP contribution in [0.15, 0.2) is 48.7 Å². The zero-order chi connectivity index (χ0) is 27.1. The largest absolute Gasteiger partial charge is 0.481 e. The molecular formula is C27H30F2N4O5. The van der Waals surface area contributed by atoms with Crippen LogP contribution in [0.4, 0.5) is 14.5 Å². The number of fused-ring (bicyclic) bond motifs is 1. The number of aliphatic hydroxyl groups excluding tert-OH is 2. The number of rotatable bonds is 10. The first-order chi connectivity index (χ1) is 18.4. The molecule has 2 aromatic heterocycles. The fourth-order valence-electron chi connectivity index (χ4n) is 4.36. The van der Waals surface area contributed by atoms with E-state index in [1.165, 1.54) is 13.2 Å². The van der Waals surface area contributed by atoms with Gasteiger partial charge in [-0.2, -0.15) is 0 Å². The molecule has 9 nitrogen and oxygen atoms in total. The van der Waals surface area contributed by atoms with Crippen molar-refractivity contribution in [2.75, 3.05) is 25.6 Å². The Hall–Kier alpha value is -3.51. The van der Waals surface area contributed by atoms with Crippen molar-refractivity contribution < 1.29 is 33.3 Å². The second-order valence-corrected chi connectivity index (χ2v) is 8.96. The molecule has 0 saturated carbocycles. The van der Waals surface area contributed by atoms with Crippen LogP contribution >= 0.6 is 0 Å². The summed E-state index contributed by atoms with van der Waals surface area (Å²) in [5.41, 5.74) is 1.66. The predicted octanol–water partition coefficient (Wildman–Crippen LogP) is 2.82. The average molecular weight is 529 g/mol. The molecule has 4 atom stereocenters. The molecule has 1 aromatic carbocycles. The van der Waals surface area contributed by atoms with E-state index in [1.54, 1.807) is 30.5 Å². The number of aliphatic hydroxyl groups is 2. The van der Waals surface area contributed by atoms with Crippen molar-refractivity contribution in [1.82, 2.24) is 15.3 Å². The van der Waals surface area contributed by atoms with E-state index < -0.39 is 36.6 Å². The molecule has 0 bridgehead atoms. The fraction of sp³-hybridized carbons (Fsp3) is 0.370. The minimum absolute atomic E-state index is 0.108. The van der Waals surface area contributed by atoms with E-state index in [-0.39, 0.29) is 23.9 Å². The van der Waals surface area contributed by atoms with E-state index in [0.717, 1.165) is 18.2 Å². The van der Waals surface area contributed by atoms with Crippen molar-refractivity contribution in [3.05, 3.63) is 65.9 Å². The van der Waals surface area contributed by atoms with Gasteiger partial charge in [0.2, 0.25) is 5.88 Å². The van der Waals surface area contributed by atoms with Crippen molar-refractivity contribution in [1.29, 1.82) is 0 Å². The topological polar surface area (TPSA) is 126 Å². The van der Waals surface area contributed by atoms with Crippen LogP contribution in [0.3, 0.4) is 0 Å². The summed E-state index contributed by atoms with van der Waals surface area (Å²) in [4.78, 5) is 21.8. The summed E-state index contributed by atoms with van der Waals surface area (Å²) in [6.07, 6.45) is 3.36. The summed E-state index contributed by atoms with van der Waals surface area (Å²) in [5, 5.41) is 25.5. The van der Waals surface area contributed by atoms with Crippen LogP contribution in [0, 0.1) is 11.6 Å². The molecule has 1 aliphatic heterocycles. The minimum Gasteiger partial charge on any atom is -0.481 e. The van der Waals surface area contributed by atoms with Gasteiger partial charge < -0.3 is 30.3 Å². The number of amides is 1. The fourth-order valence-corrected chi connectivity index (χ4v) is 4.36. The Bertz CT molecular complexity index is 1290. The van der Waals surface area contributed by atoms with Gasteiger partial charge in [0.1, 0.15) is 23.3 Å². The number of benzene rings is 1. The van der Waals surface area contributed by atoms with Gasteiger partial charge in [-0.3, -0.25) is 9.78 Å². The maximum absolute atomic E-state index is 13.8. The van der Waals surface area contributed by atoms with Crippen LogP contribution in [0.2, 0.25) is 0 Å². The van der Waals surface area contributed by atoms with Crippen LogP contribution in [0.1, 0.15) is 24.8 Å². The number of anilines is 1. The third kappa shape index (κ3) is 6.87. The lowest BCUT2D eigenvalue weighted by atomic mass is 9.94. The molecule has 4 rings (SSSR count). The van der Waals surface area contributed by atoms with Gasteiger partial charge in [0.15, 0.2) is 0 Å². The van der Waals surface area contributed by atoms with Crippen molar-refractivity contribution in [2.45, 2.75) is 43.6 Å². The second kappa shape index (κ2) is 12.8. The molecule has 4 N–H and O–H groups in total. The van der Waals surface area contributed by atoms with Gasteiger partial charge in [-0.15, -0.1) is 0 Å². The summed E-state index contributed by atoms with van der Waals surface area (Å²) in [6, 6.07) is 8.05. The van der Waals surface area contributed by atoms with Gasteiger partial charge in [0.05, 0.1) is 37.1 Å². The highest BCUT2D eigenvalue weighted by molar-refractivity contribution is 6.01. The summed E-state index contributed by atoms with van der Waals surface area (Å²) in [6.45, 7) is -0.123. The first kappa shape index (κ1) is 27.5. The zero-order valence-electron chi connectivity index (χ0n) is 20.8. The Morgan fingerprint density at radius 1 is 1.26 bits per heavy atom. The van der Waals surface area contributed by atoms with Crippen molar-refractivity contribution >= 4 is 28.7 Å². The monoisotopic (exact) mass is 528 g/mol. The first-order valence-electron chi connectivity index (χ1n) is 12.3. The number of hydrogen-bond acceptors (Lipinski definition) is 8. The van der Waals surface area contributed by atoms with Crippen LogP contribution in [-0.4, -0.2) is 70.7 Å². The quantitative estimate of drug-likeness (QED) is 0.317.